The van der Waals surface area contributed by atoms with E-state index in [0.29, 0.717) is 17.1 Å². The van der Waals surface area contributed by atoms with E-state index in [1.165, 1.54) is 25.4 Å². The standard InChI is InChI=1S/C32H35F3N4O4/c1-43-26-18-16-22(17-19-26)30(31(42)37-24-10-3-2-4-11-24)39(25-12-7-9-23(21-25)32(33,34)35)29(41)15-8-14-28(40)38-27-13-5-6-20-36-27/h5-7,9,12-13,16-21,24,30H,2-4,8,10-11,14-15H2,1H3,(H,37,42)(H,36,38,40). The maximum absolute atomic E-state index is 13.9. The lowest BCUT2D eigenvalue weighted by atomic mass is 9.94. The van der Waals surface area contributed by atoms with Crippen molar-refractivity contribution in [3.05, 3.63) is 84.1 Å². The molecular weight excluding hydrogens is 561 g/mol. The van der Waals surface area contributed by atoms with Gasteiger partial charge in [0.25, 0.3) is 0 Å². The van der Waals surface area contributed by atoms with Crippen LogP contribution in [0.2, 0.25) is 0 Å². The van der Waals surface area contributed by atoms with E-state index < -0.39 is 29.6 Å². The number of aromatic nitrogens is 1. The second-order valence-corrected chi connectivity index (χ2v) is 10.4. The zero-order valence-corrected chi connectivity index (χ0v) is 23.9. The van der Waals surface area contributed by atoms with Crippen LogP contribution in [0.5, 0.6) is 5.75 Å². The molecule has 1 unspecified atom stereocenters. The first-order chi connectivity index (χ1) is 20.7. The predicted octanol–water partition coefficient (Wildman–Crippen LogP) is 6.44. The van der Waals surface area contributed by atoms with Gasteiger partial charge in [0.2, 0.25) is 17.7 Å². The fourth-order valence-corrected chi connectivity index (χ4v) is 5.16. The third-order valence-electron chi connectivity index (χ3n) is 7.34. The number of pyridine rings is 1. The fourth-order valence-electron chi connectivity index (χ4n) is 5.16. The molecule has 2 aromatic carbocycles. The van der Waals surface area contributed by atoms with Gasteiger partial charge >= 0.3 is 6.18 Å². The Balaban J connectivity index is 1.65. The highest BCUT2D eigenvalue weighted by Crippen LogP contribution is 2.36. The number of carbonyl (C=O) groups excluding carboxylic acids is 3. The van der Waals surface area contributed by atoms with Crippen molar-refractivity contribution in [1.29, 1.82) is 0 Å². The van der Waals surface area contributed by atoms with Crippen LogP contribution in [0.15, 0.2) is 72.9 Å². The summed E-state index contributed by atoms with van der Waals surface area (Å²) in [6.07, 6.45) is 1.30. The van der Waals surface area contributed by atoms with Gasteiger partial charge in [-0.1, -0.05) is 43.5 Å². The van der Waals surface area contributed by atoms with Crippen molar-refractivity contribution in [2.24, 2.45) is 0 Å². The van der Waals surface area contributed by atoms with Crippen LogP contribution in [0.1, 0.15) is 68.5 Å². The number of anilines is 2. The van der Waals surface area contributed by atoms with Crippen molar-refractivity contribution >= 4 is 29.2 Å². The van der Waals surface area contributed by atoms with E-state index in [4.69, 9.17) is 4.74 Å². The number of nitrogens with one attached hydrogen (secondary N) is 2. The summed E-state index contributed by atoms with van der Waals surface area (Å²) in [5.41, 5.74) is -0.608. The number of hydrogen-bond acceptors (Lipinski definition) is 5. The second-order valence-electron chi connectivity index (χ2n) is 10.4. The van der Waals surface area contributed by atoms with Crippen LogP contribution in [0.25, 0.3) is 0 Å². The molecule has 228 valence electrons. The topological polar surface area (TPSA) is 101 Å². The van der Waals surface area contributed by atoms with Gasteiger partial charge in [0.1, 0.15) is 17.6 Å². The number of amides is 3. The number of nitrogens with zero attached hydrogens (tertiary/aromatic N) is 2. The number of methoxy groups -OCH3 is 1. The Morgan fingerprint density at radius 2 is 1.72 bits per heavy atom. The summed E-state index contributed by atoms with van der Waals surface area (Å²) >= 11 is 0. The van der Waals surface area contributed by atoms with Gasteiger partial charge in [0.15, 0.2) is 0 Å². The molecule has 1 aliphatic carbocycles. The Morgan fingerprint density at radius 1 is 0.977 bits per heavy atom. The lowest BCUT2D eigenvalue weighted by molar-refractivity contribution is -0.137. The molecule has 1 fully saturated rings. The first-order valence-corrected chi connectivity index (χ1v) is 14.3. The molecule has 1 aromatic heterocycles. The number of carbonyl (C=O) groups is 3. The summed E-state index contributed by atoms with van der Waals surface area (Å²) in [5.74, 6) is -0.561. The van der Waals surface area contributed by atoms with Crippen molar-refractivity contribution in [1.82, 2.24) is 10.3 Å². The van der Waals surface area contributed by atoms with Gasteiger partial charge in [0, 0.05) is 30.8 Å². The van der Waals surface area contributed by atoms with E-state index in [0.717, 1.165) is 49.1 Å². The lowest BCUT2D eigenvalue weighted by Gasteiger charge is -2.34. The molecule has 3 aromatic rings. The van der Waals surface area contributed by atoms with Crippen molar-refractivity contribution in [3.8, 4) is 5.75 Å². The van der Waals surface area contributed by atoms with Crippen LogP contribution < -0.4 is 20.3 Å². The first-order valence-electron chi connectivity index (χ1n) is 14.3. The number of hydrogen-bond donors (Lipinski definition) is 2. The number of rotatable bonds is 11. The fraction of sp³-hybridized carbons (Fsp3) is 0.375. The molecule has 1 saturated carbocycles. The van der Waals surface area contributed by atoms with Gasteiger partial charge in [0.05, 0.1) is 12.7 Å². The van der Waals surface area contributed by atoms with E-state index in [9.17, 15) is 27.6 Å². The van der Waals surface area contributed by atoms with Crippen LogP contribution >= 0.6 is 0 Å². The highest BCUT2D eigenvalue weighted by molar-refractivity contribution is 6.01. The van der Waals surface area contributed by atoms with Crippen molar-refractivity contribution in [2.75, 3.05) is 17.3 Å². The molecule has 0 spiro atoms. The minimum absolute atomic E-state index is 0.0276. The Hall–Kier alpha value is -4.41. The molecule has 3 amide bonds. The third kappa shape index (κ3) is 8.79. The van der Waals surface area contributed by atoms with Crippen molar-refractivity contribution in [2.45, 2.75) is 69.6 Å². The normalized spacial score (nSPS) is 14.4. The molecule has 43 heavy (non-hydrogen) atoms. The average molecular weight is 597 g/mol. The number of halogens is 3. The Kier molecular flexibility index (Phi) is 10.7. The lowest BCUT2D eigenvalue weighted by Crippen LogP contribution is -2.47. The van der Waals surface area contributed by atoms with Crippen molar-refractivity contribution < 1.29 is 32.3 Å². The first kappa shape index (κ1) is 31.5. The van der Waals surface area contributed by atoms with Crippen LogP contribution in [0, 0.1) is 0 Å². The number of alkyl halides is 3. The van der Waals surface area contributed by atoms with Gasteiger partial charge < -0.3 is 15.4 Å². The molecular formula is C32H35F3N4O4. The van der Waals surface area contributed by atoms with Crippen molar-refractivity contribution in [3.63, 3.8) is 0 Å². The van der Waals surface area contributed by atoms with E-state index >= 15 is 0 Å². The zero-order chi connectivity index (χ0) is 30.8. The highest BCUT2D eigenvalue weighted by atomic mass is 19.4. The molecule has 2 N–H and O–H groups in total. The Bertz CT molecular complexity index is 1380. The van der Waals surface area contributed by atoms with Gasteiger partial charge in [-0.15, -0.1) is 0 Å². The number of benzene rings is 2. The average Bonchev–Trinajstić information content (AvgIpc) is 3.00. The minimum Gasteiger partial charge on any atom is -0.497 e. The molecule has 1 heterocycles. The summed E-state index contributed by atoms with van der Waals surface area (Å²) in [6, 6.07) is 14.6. The Morgan fingerprint density at radius 3 is 2.37 bits per heavy atom. The molecule has 1 aliphatic rings. The quantitative estimate of drug-likeness (QED) is 0.265. The van der Waals surface area contributed by atoms with E-state index in [-0.39, 0.29) is 36.9 Å². The minimum atomic E-state index is -4.66. The summed E-state index contributed by atoms with van der Waals surface area (Å²) < 4.78 is 46.4. The van der Waals surface area contributed by atoms with Crippen LogP contribution in [0.4, 0.5) is 24.7 Å². The summed E-state index contributed by atoms with van der Waals surface area (Å²) in [4.78, 5) is 45.4. The molecule has 11 heteroatoms. The summed E-state index contributed by atoms with van der Waals surface area (Å²) in [6.45, 7) is 0. The maximum atomic E-state index is 13.9. The van der Waals surface area contributed by atoms with Gasteiger partial charge in [-0.2, -0.15) is 13.2 Å². The molecule has 0 radical (unpaired) electrons. The zero-order valence-electron chi connectivity index (χ0n) is 23.9. The van der Waals surface area contributed by atoms with Crippen LogP contribution in [0.3, 0.4) is 0 Å². The van der Waals surface area contributed by atoms with E-state index in [1.54, 1.807) is 42.5 Å². The van der Waals surface area contributed by atoms with E-state index in [1.807, 2.05) is 0 Å². The second kappa shape index (κ2) is 14.7. The molecule has 0 aliphatic heterocycles. The maximum Gasteiger partial charge on any atom is 0.416 e. The monoisotopic (exact) mass is 596 g/mol. The largest absolute Gasteiger partial charge is 0.497 e. The van der Waals surface area contributed by atoms with Crippen LogP contribution in [-0.4, -0.2) is 35.9 Å². The Labute approximate surface area is 248 Å². The summed E-state index contributed by atoms with van der Waals surface area (Å²) in [5, 5.41) is 5.69. The van der Waals surface area contributed by atoms with Gasteiger partial charge in [-0.05, 0) is 67.3 Å². The molecule has 0 bridgehead atoms. The predicted molar refractivity (Wildman–Crippen MR) is 156 cm³/mol. The molecule has 0 saturated heterocycles. The smallest absolute Gasteiger partial charge is 0.416 e. The highest BCUT2D eigenvalue weighted by Gasteiger charge is 2.36. The van der Waals surface area contributed by atoms with Gasteiger partial charge in [-0.3, -0.25) is 19.3 Å². The summed E-state index contributed by atoms with van der Waals surface area (Å²) in [7, 11) is 1.49. The third-order valence-corrected chi connectivity index (χ3v) is 7.34. The molecule has 4 rings (SSSR count). The molecule has 1 atom stereocenters. The SMILES string of the molecule is COc1ccc(C(C(=O)NC2CCCCC2)N(C(=O)CCCC(=O)Nc2ccccn2)c2cccc(C(F)(F)F)c2)cc1. The van der Waals surface area contributed by atoms with Gasteiger partial charge in [-0.25, -0.2) is 4.98 Å². The molecule has 8 nitrogen and oxygen atoms in total. The number of ether oxygens (including phenoxy) is 1. The van der Waals surface area contributed by atoms with Crippen LogP contribution in [-0.2, 0) is 20.6 Å². The van der Waals surface area contributed by atoms with E-state index in [2.05, 4.69) is 15.6 Å².